The summed E-state index contributed by atoms with van der Waals surface area (Å²) in [6.45, 7) is 5.83. The van der Waals surface area contributed by atoms with E-state index in [1.165, 1.54) is 0 Å². The summed E-state index contributed by atoms with van der Waals surface area (Å²) >= 11 is 1.60. The molecule has 1 amide bonds. The molecule has 1 aliphatic heterocycles. The van der Waals surface area contributed by atoms with Crippen LogP contribution in [0.5, 0.6) is 0 Å². The van der Waals surface area contributed by atoms with Crippen LogP contribution in [0, 0.1) is 6.92 Å². The number of hydrogen-bond donors (Lipinski definition) is 2. The maximum Gasteiger partial charge on any atom is 0.270 e. The summed E-state index contributed by atoms with van der Waals surface area (Å²) in [5, 5.41) is 12.0. The maximum absolute atomic E-state index is 12.5. The van der Waals surface area contributed by atoms with Crippen LogP contribution in [-0.2, 0) is 0 Å². The van der Waals surface area contributed by atoms with Crippen molar-refractivity contribution in [3.05, 3.63) is 28.3 Å². The van der Waals surface area contributed by atoms with Crippen molar-refractivity contribution in [2.75, 3.05) is 39.3 Å². The van der Waals surface area contributed by atoms with Crippen molar-refractivity contribution in [1.82, 2.24) is 19.8 Å². The van der Waals surface area contributed by atoms with Gasteiger partial charge in [0, 0.05) is 49.9 Å². The Morgan fingerprint density at radius 3 is 2.82 bits per heavy atom. The molecule has 0 saturated carbocycles. The van der Waals surface area contributed by atoms with Crippen molar-refractivity contribution < 1.29 is 9.90 Å². The van der Waals surface area contributed by atoms with Gasteiger partial charge in [-0.05, 0) is 13.0 Å². The first kappa shape index (κ1) is 15.2. The second-order valence-corrected chi connectivity index (χ2v) is 6.47. The lowest BCUT2D eigenvalue weighted by atomic mass is 10.2. The summed E-state index contributed by atoms with van der Waals surface area (Å²) in [6, 6.07) is 1.87. The summed E-state index contributed by atoms with van der Waals surface area (Å²) in [6.07, 6.45) is 1.84. The predicted octanol–water partition coefficient (Wildman–Crippen LogP) is 1.20. The van der Waals surface area contributed by atoms with E-state index >= 15 is 0 Å². The fraction of sp³-hybridized carbons (Fsp3) is 0.467. The van der Waals surface area contributed by atoms with Crippen LogP contribution in [0.15, 0.2) is 17.6 Å². The molecular weight excluding hydrogens is 300 g/mol. The van der Waals surface area contributed by atoms with E-state index in [0.717, 1.165) is 29.4 Å². The van der Waals surface area contributed by atoms with Gasteiger partial charge < -0.3 is 15.0 Å². The number of hydrogen-bond acceptors (Lipinski definition) is 5. The van der Waals surface area contributed by atoms with E-state index in [9.17, 15) is 4.79 Å². The number of aromatic nitrogens is 2. The summed E-state index contributed by atoms with van der Waals surface area (Å²) < 4.78 is 0. The zero-order valence-corrected chi connectivity index (χ0v) is 13.4. The minimum absolute atomic E-state index is 0.0295. The Bertz CT molecular complexity index is 644. The minimum atomic E-state index is 0.0295. The van der Waals surface area contributed by atoms with Gasteiger partial charge in [0.15, 0.2) is 0 Å². The Labute approximate surface area is 133 Å². The fourth-order valence-corrected chi connectivity index (χ4v) is 3.27. The molecule has 2 aromatic heterocycles. The first-order valence-electron chi connectivity index (χ1n) is 7.41. The highest BCUT2D eigenvalue weighted by atomic mass is 32.1. The van der Waals surface area contributed by atoms with Gasteiger partial charge in [-0.2, -0.15) is 0 Å². The molecule has 0 radical (unpaired) electrons. The third kappa shape index (κ3) is 3.21. The van der Waals surface area contributed by atoms with E-state index in [1.54, 1.807) is 11.3 Å². The van der Waals surface area contributed by atoms with Gasteiger partial charge in [0.05, 0.1) is 17.3 Å². The van der Waals surface area contributed by atoms with Crippen molar-refractivity contribution in [3.63, 3.8) is 0 Å². The van der Waals surface area contributed by atoms with Crippen LogP contribution in [0.4, 0.5) is 0 Å². The number of aromatic amines is 1. The lowest BCUT2D eigenvalue weighted by Crippen LogP contribution is -2.49. The zero-order valence-electron chi connectivity index (χ0n) is 12.6. The predicted molar refractivity (Wildman–Crippen MR) is 86.1 cm³/mol. The quantitative estimate of drug-likeness (QED) is 0.888. The molecule has 0 spiro atoms. The van der Waals surface area contributed by atoms with Crippen molar-refractivity contribution in [2.24, 2.45) is 0 Å². The molecule has 2 aromatic rings. The molecule has 0 atom stereocenters. The van der Waals surface area contributed by atoms with Crippen LogP contribution < -0.4 is 0 Å². The maximum atomic E-state index is 12.5. The number of amides is 1. The van der Waals surface area contributed by atoms with Gasteiger partial charge >= 0.3 is 0 Å². The van der Waals surface area contributed by atoms with Crippen LogP contribution in [0.2, 0.25) is 0 Å². The highest BCUT2D eigenvalue weighted by Crippen LogP contribution is 2.22. The smallest absolute Gasteiger partial charge is 0.270 e. The first-order chi connectivity index (χ1) is 10.7. The molecule has 1 fully saturated rings. The van der Waals surface area contributed by atoms with Crippen LogP contribution in [-0.4, -0.2) is 70.1 Å². The van der Waals surface area contributed by atoms with E-state index in [4.69, 9.17) is 5.11 Å². The number of nitrogens with zero attached hydrogens (tertiary/aromatic N) is 3. The fourth-order valence-electron chi connectivity index (χ4n) is 2.65. The largest absolute Gasteiger partial charge is 0.395 e. The number of piperazine rings is 1. The molecule has 3 heterocycles. The Kier molecular flexibility index (Phi) is 4.56. The SMILES string of the molecule is Cc1nc(-c2c[nH]c(C(=O)N3CCN(CCO)CC3)c2)cs1. The van der Waals surface area contributed by atoms with Crippen molar-refractivity contribution in [2.45, 2.75) is 6.92 Å². The summed E-state index contributed by atoms with van der Waals surface area (Å²) in [4.78, 5) is 24.1. The molecule has 1 saturated heterocycles. The van der Waals surface area contributed by atoms with Gasteiger partial charge in [0.2, 0.25) is 0 Å². The Morgan fingerprint density at radius 1 is 1.41 bits per heavy atom. The second-order valence-electron chi connectivity index (χ2n) is 5.41. The van der Waals surface area contributed by atoms with Crippen molar-refractivity contribution >= 4 is 17.2 Å². The molecule has 1 aliphatic rings. The van der Waals surface area contributed by atoms with Gasteiger partial charge in [0.1, 0.15) is 5.69 Å². The van der Waals surface area contributed by atoms with Gasteiger partial charge in [-0.15, -0.1) is 11.3 Å². The number of carbonyl (C=O) groups is 1. The number of carbonyl (C=O) groups excluding carboxylic acids is 1. The molecule has 22 heavy (non-hydrogen) atoms. The molecule has 2 N–H and O–H groups in total. The normalized spacial score (nSPS) is 16.2. The number of H-pyrrole nitrogens is 1. The van der Waals surface area contributed by atoms with E-state index in [0.29, 0.717) is 25.3 Å². The minimum Gasteiger partial charge on any atom is -0.395 e. The number of rotatable bonds is 4. The number of β-amino-alcohol motifs (C(OH)–C–C–N with tert-alkyl or cyclic N) is 1. The summed E-state index contributed by atoms with van der Waals surface area (Å²) in [5.41, 5.74) is 2.47. The Balaban J connectivity index is 1.65. The topological polar surface area (TPSA) is 72.5 Å². The third-order valence-electron chi connectivity index (χ3n) is 3.90. The zero-order chi connectivity index (χ0) is 15.5. The summed E-state index contributed by atoms with van der Waals surface area (Å²) in [5.74, 6) is 0.0295. The number of thiazole rings is 1. The molecule has 0 aromatic carbocycles. The number of aliphatic hydroxyl groups excluding tert-OH is 1. The van der Waals surface area contributed by atoms with E-state index < -0.39 is 0 Å². The third-order valence-corrected chi connectivity index (χ3v) is 4.68. The molecule has 0 unspecified atom stereocenters. The number of nitrogens with one attached hydrogen (secondary N) is 1. The van der Waals surface area contributed by atoms with Crippen molar-refractivity contribution in [3.8, 4) is 11.3 Å². The molecule has 6 nitrogen and oxygen atoms in total. The Hall–Kier alpha value is -1.70. The number of aryl methyl sites for hydroxylation is 1. The standard InChI is InChI=1S/C15H20N4O2S/c1-11-17-14(10-22-11)12-8-13(16-9-12)15(21)19-4-2-18(3-5-19)6-7-20/h8-10,16,20H,2-7H2,1H3. The lowest BCUT2D eigenvalue weighted by Gasteiger charge is -2.34. The van der Waals surface area contributed by atoms with Crippen molar-refractivity contribution in [1.29, 1.82) is 0 Å². The van der Waals surface area contributed by atoms with Gasteiger partial charge in [-0.1, -0.05) is 0 Å². The molecular formula is C15H20N4O2S. The van der Waals surface area contributed by atoms with E-state index in [1.807, 2.05) is 29.5 Å². The molecule has 3 rings (SSSR count). The molecule has 0 aliphatic carbocycles. The Morgan fingerprint density at radius 2 is 2.18 bits per heavy atom. The van der Waals surface area contributed by atoms with Crippen LogP contribution in [0.1, 0.15) is 15.5 Å². The van der Waals surface area contributed by atoms with Gasteiger partial charge in [-0.25, -0.2) is 4.98 Å². The van der Waals surface area contributed by atoms with Crippen LogP contribution >= 0.6 is 11.3 Å². The average Bonchev–Trinajstić information content (AvgIpc) is 3.16. The lowest BCUT2D eigenvalue weighted by molar-refractivity contribution is 0.0610. The van der Waals surface area contributed by atoms with Gasteiger partial charge in [-0.3, -0.25) is 9.69 Å². The molecule has 118 valence electrons. The number of aliphatic hydroxyl groups is 1. The summed E-state index contributed by atoms with van der Waals surface area (Å²) in [7, 11) is 0. The first-order valence-corrected chi connectivity index (χ1v) is 8.29. The average molecular weight is 320 g/mol. The monoisotopic (exact) mass is 320 g/mol. The highest BCUT2D eigenvalue weighted by Gasteiger charge is 2.23. The van der Waals surface area contributed by atoms with Crippen LogP contribution in [0.25, 0.3) is 11.3 Å². The van der Waals surface area contributed by atoms with E-state index in [-0.39, 0.29) is 12.5 Å². The molecule has 0 bridgehead atoms. The second kappa shape index (κ2) is 6.60. The molecule has 7 heteroatoms. The van der Waals surface area contributed by atoms with E-state index in [2.05, 4.69) is 14.9 Å². The highest BCUT2D eigenvalue weighted by molar-refractivity contribution is 7.09. The van der Waals surface area contributed by atoms with Gasteiger partial charge in [0.25, 0.3) is 5.91 Å². The van der Waals surface area contributed by atoms with Crippen LogP contribution in [0.3, 0.4) is 0 Å².